The molecule has 0 nitrogen and oxygen atoms in total. The Morgan fingerprint density at radius 1 is 0.765 bits per heavy atom. The standard InChI is InChI=1S/C15H11.CH3.Mg/c1-2-6-12(7-3-1)15-10-13-8-4-5-9-14(13)11-15;;/h1-11H;1H3;/q2*-1;+2. The molecule has 0 radical (unpaired) electrons. The van der Waals surface area contributed by atoms with Gasteiger partial charge in [-0.05, 0) is 0 Å². The van der Waals surface area contributed by atoms with Crippen LogP contribution in [0, 0.1) is 7.43 Å². The van der Waals surface area contributed by atoms with E-state index in [2.05, 4.69) is 60.7 Å². The maximum Gasteiger partial charge on any atom is 2.00 e. The SMILES string of the molecule is [CH3-].[Mg+2].c1ccc(-c2cc3ccccc3[cH-]2)cc1. The van der Waals surface area contributed by atoms with E-state index in [9.17, 15) is 0 Å². The largest absolute Gasteiger partial charge is 2.00 e. The summed E-state index contributed by atoms with van der Waals surface area (Å²) in [6, 6.07) is 23.4. The molecule has 80 valence electrons. The van der Waals surface area contributed by atoms with Gasteiger partial charge in [0.25, 0.3) is 0 Å². The van der Waals surface area contributed by atoms with Gasteiger partial charge in [-0.15, -0.1) is 34.5 Å². The summed E-state index contributed by atoms with van der Waals surface area (Å²) in [6.07, 6.45) is 0. The van der Waals surface area contributed by atoms with Crippen LogP contribution < -0.4 is 0 Å². The van der Waals surface area contributed by atoms with E-state index >= 15 is 0 Å². The van der Waals surface area contributed by atoms with E-state index in [0.717, 1.165) is 0 Å². The summed E-state index contributed by atoms with van der Waals surface area (Å²) in [5.41, 5.74) is 2.59. The Hall–Kier alpha value is -1.18. The van der Waals surface area contributed by atoms with Crippen LogP contribution in [0.2, 0.25) is 0 Å². The van der Waals surface area contributed by atoms with E-state index in [1.807, 2.05) is 6.07 Å². The number of hydrogen-bond acceptors (Lipinski definition) is 0. The van der Waals surface area contributed by atoms with Crippen molar-refractivity contribution in [1.82, 2.24) is 0 Å². The smallest absolute Gasteiger partial charge is 0.358 e. The summed E-state index contributed by atoms with van der Waals surface area (Å²) in [4.78, 5) is 0. The van der Waals surface area contributed by atoms with E-state index in [1.165, 1.54) is 21.9 Å². The topological polar surface area (TPSA) is 0 Å². The van der Waals surface area contributed by atoms with Gasteiger partial charge < -0.3 is 7.43 Å². The molecule has 0 fully saturated rings. The molecular weight excluding hydrogens is 216 g/mol. The van der Waals surface area contributed by atoms with Crippen molar-refractivity contribution in [3.63, 3.8) is 0 Å². The maximum absolute atomic E-state index is 2.24. The first-order chi connectivity index (χ1) is 7.43. The average molecular weight is 231 g/mol. The zero-order chi connectivity index (χ0) is 10.1. The van der Waals surface area contributed by atoms with Gasteiger partial charge in [0.15, 0.2) is 0 Å². The molecule has 0 bridgehead atoms. The second-order valence-electron chi connectivity index (χ2n) is 3.74. The molecular formula is C16H14Mg. The van der Waals surface area contributed by atoms with Gasteiger partial charge in [-0.1, -0.05) is 54.1 Å². The van der Waals surface area contributed by atoms with Gasteiger partial charge >= 0.3 is 23.1 Å². The van der Waals surface area contributed by atoms with Gasteiger partial charge in [-0.25, -0.2) is 0 Å². The van der Waals surface area contributed by atoms with E-state index in [0.29, 0.717) is 0 Å². The molecule has 1 heteroatoms. The Balaban J connectivity index is 0.000000722. The molecule has 0 heterocycles. The summed E-state index contributed by atoms with van der Waals surface area (Å²) in [5.74, 6) is 0. The van der Waals surface area contributed by atoms with Crippen molar-refractivity contribution in [3.05, 3.63) is 74.2 Å². The second-order valence-corrected chi connectivity index (χ2v) is 3.74. The fourth-order valence-corrected chi connectivity index (χ4v) is 1.95. The Labute approximate surface area is 119 Å². The summed E-state index contributed by atoms with van der Waals surface area (Å²) < 4.78 is 0. The van der Waals surface area contributed by atoms with Crippen LogP contribution in [0.4, 0.5) is 0 Å². The fraction of sp³-hybridized carbons (Fsp3) is 0. The zero-order valence-corrected chi connectivity index (χ0v) is 11.5. The monoisotopic (exact) mass is 230 g/mol. The molecule has 0 saturated carbocycles. The molecule has 0 N–H and O–H groups in total. The quantitative estimate of drug-likeness (QED) is 0.432. The number of hydrogen-bond donors (Lipinski definition) is 0. The van der Waals surface area contributed by atoms with Gasteiger partial charge in [0.05, 0.1) is 0 Å². The summed E-state index contributed by atoms with van der Waals surface area (Å²) in [5, 5.41) is 2.63. The molecule has 0 unspecified atom stereocenters. The third kappa shape index (κ3) is 2.74. The third-order valence-electron chi connectivity index (χ3n) is 2.73. The van der Waals surface area contributed by atoms with Crippen LogP contribution in [0.25, 0.3) is 21.9 Å². The summed E-state index contributed by atoms with van der Waals surface area (Å²) in [7, 11) is 0. The maximum atomic E-state index is 2.24. The van der Waals surface area contributed by atoms with Crippen LogP contribution in [-0.2, 0) is 0 Å². The van der Waals surface area contributed by atoms with Crippen LogP contribution in [-0.4, -0.2) is 23.1 Å². The molecule has 0 saturated heterocycles. The van der Waals surface area contributed by atoms with E-state index in [1.54, 1.807) is 0 Å². The van der Waals surface area contributed by atoms with Gasteiger partial charge in [0.2, 0.25) is 0 Å². The van der Waals surface area contributed by atoms with Crippen LogP contribution in [0.3, 0.4) is 0 Å². The van der Waals surface area contributed by atoms with Crippen molar-refractivity contribution < 1.29 is 0 Å². The molecule has 0 atom stereocenters. The molecule has 3 aromatic carbocycles. The normalized spacial score (nSPS) is 9.41. The fourth-order valence-electron chi connectivity index (χ4n) is 1.95. The van der Waals surface area contributed by atoms with Gasteiger partial charge in [-0.3, -0.25) is 0 Å². The molecule has 3 rings (SSSR count). The van der Waals surface area contributed by atoms with Crippen molar-refractivity contribution >= 4 is 33.8 Å². The molecule has 3 aromatic rings. The van der Waals surface area contributed by atoms with Crippen LogP contribution in [0.1, 0.15) is 0 Å². The molecule has 0 amide bonds. The van der Waals surface area contributed by atoms with Crippen molar-refractivity contribution in [3.8, 4) is 11.1 Å². The number of fused-ring (bicyclic) bond motifs is 1. The first-order valence-corrected chi connectivity index (χ1v) is 5.14. The minimum atomic E-state index is 0. The molecule has 17 heavy (non-hydrogen) atoms. The third-order valence-corrected chi connectivity index (χ3v) is 2.73. The average Bonchev–Trinajstić information content (AvgIpc) is 2.74. The first-order valence-electron chi connectivity index (χ1n) is 5.14. The van der Waals surface area contributed by atoms with Crippen molar-refractivity contribution in [2.24, 2.45) is 0 Å². The van der Waals surface area contributed by atoms with Gasteiger partial charge in [-0.2, -0.15) is 0 Å². The number of benzene rings is 2. The predicted octanol–water partition coefficient (Wildman–Crippen LogP) is 4.30. The first kappa shape index (κ1) is 13.9. The van der Waals surface area contributed by atoms with Crippen molar-refractivity contribution in [2.75, 3.05) is 0 Å². The van der Waals surface area contributed by atoms with E-state index in [-0.39, 0.29) is 30.5 Å². The molecule has 0 aromatic heterocycles. The van der Waals surface area contributed by atoms with E-state index < -0.39 is 0 Å². The molecule has 0 spiro atoms. The molecule has 0 aliphatic heterocycles. The molecule has 0 aliphatic rings. The Morgan fingerprint density at radius 2 is 1.41 bits per heavy atom. The van der Waals surface area contributed by atoms with Crippen molar-refractivity contribution in [1.29, 1.82) is 0 Å². The summed E-state index contributed by atoms with van der Waals surface area (Å²) in [6.45, 7) is 0. The van der Waals surface area contributed by atoms with Crippen LogP contribution >= 0.6 is 0 Å². The Kier molecular flexibility index (Phi) is 4.85. The predicted molar refractivity (Wildman–Crippen MR) is 77.1 cm³/mol. The zero-order valence-electron chi connectivity index (χ0n) is 10.1. The van der Waals surface area contributed by atoms with Gasteiger partial charge in [0, 0.05) is 0 Å². The minimum Gasteiger partial charge on any atom is -0.358 e. The minimum absolute atomic E-state index is 0. The number of rotatable bonds is 1. The Morgan fingerprint density at radius 3 is 2.12 bits per heavy atom. The second kappa shape index (κ2) is 5.94. The van der Waals surface area contributed by atoms with Gasteiger partial charge in [0.1, 0.15) is 0 Å². The molecule has 0 aliphatic carbocycles. The van der Waals surface area contributed by atoms with Crippen molar-refractivity contribution in [2.45, 2.75) is 0 Å². The Bertz CT molecular complexity index is 546. The summed E-state index contributed by atoms with van der Waals surface area (Å²) >= 11 is 0. The van der Waals surface area contributed by atoms with E-state index in [4.69, 9.17) is 0 Å². The van der Waals surface area contributed by atoms with Crippen LogP contribution in [0.5, 0.6) is 0 Å². The van der Waals surface area contributed by atoms with Crippen LogP contribution in [0.15, 0.2) is 66.7 Å².